The summed E-state index contributed by atoms with van der Waals surface area (Å²) in [6.45, 7) is 1.56. The Kier molecular flexibility index (Phi) is 5.28. The summed E-state index contributed by atoms with van der Waals surface area (Å²) < 4.78 is 5.11. The number of hydrogen-bond donors (Lipinski definition) is 2. The van der Waals surface area contributed by atoms with Crippen LogP contribution < -0.4 is 10.1 Å². The van der Waals surface area contributed by atoms with Crippen molar-refractivity contribution in [2.45, 2.75) is 23.8 Å². The number of benzene rings is 2. The van der Waals surface area contributed by atoms with E-state index in [1.54, 1.807) is 23.9 Å². The Hall–Kier alpha value is -2.47. The van der Waals surface area contributed by atoms with E-state index in [0.29, 0.717) is 5.75 Å². The molecule has 0 bridgehead atoms. The Balaban J connectivity index is 1.61. The van der Waals surface area contributed by atoms with Gasteiger partial charge in [-0.2, -0.15) is 0 Å². The van der Waals surface area contributed by atoms with Crippen LogP contribution in [-0.4, -0.2) is 29.3 Å². The molecule has 2 aromatic rings. The van der Waals surface area contributed by atoms with E-state index in [1.165, 1.54) is 4.90 Å². The maximum Gasteiger partial charge on any atom is 0.341 e. The van der Waals surface area contributed by atoms with Gasteiger partial charge in [-0.3, -0.25) is 4.79 Å². The van der Waals surface area contributed by atoms with Crippen LogP contribution in [0.1, 0.15) is 30.0 Å². The molecule has 5 nitrogen and oxygen atoms in total. The third kappa shape index (κ3) is 4.14. The molecule has 3 rings (SSSR count). The number of carbonyl (C=O) groups is 2. The maximum atomic E-state index is 12.6. The lowest BCUT2D eigenvalue weighted by Crippen LogP contribution is -2.31. The van der Waals surface area contributed by atoms with Crippen LogP contribution in [0.3, 0.4) is 0 Å². The Morgan fingerprint density at radius 3 is 2.68 bits per heavy atom. The fraction of sp³-hybridized carbons (Fsp3) is 0.263. The molecule has 1 aliphatic rings. The molecule has 2 N–H and O–H groups in total. The highest BCUT2D eigenvalue weighted by atomic mass is 32.2. The summed E-state index contributed by atoms with van der Waals surface area (Å²) in [5.41, 5.74) is 2.03. The minimum absolute atomic E-state index is 0.0242. The van der Waals surface area contributed by atoms with Crippen LogP contribution in [0.4, 0.5) is 0 Å². The fourth-order valence-electron chi connectivity index (χ4n) is 2.77. The monoisotopic (exact) mass is 357 g/mol. The third-order valence-corrected chi connectivity index (χ3v) is 5.30. The first-order chi connectivity index (χ1) is 12.0. The van der Waals surface area contributed by atoms with Crippen LogP contribution in [0.5, 0.6) is 5.75 Å². The number of carbonyl (C=O) groups excluding carboxylic acids is 1. The van der Waals surface area contributed by atoms with Gasteiger partial charge in [0.25, 0.3) is 0 Å². The molecule has 1 aliphatic heterocycles. The standard InChI is InChI=1S/C19H19NO4S/c1-12(13-6-8-14(9-7-13)24-10-18(21)22)20-19(23)16-11-25-17-5-3-2-4-15(16)17/h2-9,12,16H,10-11H2,1H3,(H,20,23)(H,21,22). The summed E-state index contributed by atoms with van der Waals surface area (Å²) in [5, 5.41) is 11.7. The minimum atomic E-state index is -1.01. The Bertz CT molecular complexity index is 775. The number of fused-ring (bicyclic) bond motifs is 1. The first kappa shape index (κ1) is 17.4. The minimum Gasteiger partial charge on any atom is -0.482 e. The van der Waals surface area contributed by atoms with Gasteiger partial charge >= 0.3 is 5.97 Å². The van der Waals surface area contributed by atoms with Crippen molar-refractivity contribution in [2.24, 2.45) is 0 Å². The number of nitrogens with one attached hydrogen (secondary N) is 1. The number of aliphatic carboxylic acids is 1. The normalized spacial score (nSPS) is 16.8. The van der Waals surface area contributed by atoms with E-state index in [9.17, 15) is 9.59 Å². The Morgan fingerprint density at radius 2 is 1.96 bits per heavy atom. The number of carboxylic acids is 1. The lowest BCUT2D eigenvalue weighted by Gasteiger charge is -2.18. The molecule has 0 radical (unpaired) electrons. The lowest BCUT2D eigenvalue weighted by atomic mass is 9.99. The lowest BCUT2D eigenvalue weighted by molar-refractivity contribution is -0.139. The SMILES string of the molecule is CC(NC(=O)C1CSc2ccccc21)c1ccc(OCC(=O)O)cc1. The molecular weight excluding hydrogens is 338 g/mol. The Morgan fingerprint density at radius 1 is 1.24 bits per heavy atom. The van der Waals surface area contributed by atoms with Gasteiger partial charge in [-0.15, -0.1) is 11.8 Å². The van der Waals surface area contributed by atoms with Crippen molar-refractivity contribution in [1.29, 1.82) is 0 Å². The summed E-state index contributed by atoms with van der Waals surface area (Å²) in [6.07, 6.45) is 0. The number of thioether (sulfide) groups is 1. The van der Waals surface area contributed by atoms with Crippen LogP contribution >= 0.6 is 11.8 Å². The second kappa shape index (κ2) is 7.61. The van der Waals surface area contributed by atoms with E-state index in [4.69, 9.17) is 9.84 Å². The highest BCUT2D eigenvalue weighted by Gasteiger charge is 2.29. The summed E-state index contributed by atoms with van der Waals surface area (Å²) in [7, 11) is 0. The largest absolute Gasteiger partial charge is 0.482 e. The zero-order valence-corrected chi connectivity index (χ0v) is 14.6. The zero-order valence-electron chi connectivity index (χ0n) is 13.8. The van der Waals surface area contributed by atoms with Crippen LogP contribution in [-0.2, 0) is 9.59 Å². The van der Waals surface area contributed by atoms with E-state index in [1.807, 2.05) is 43.3 Å². The molecular formula is C19H19NO4S. The van der Waals surface area contributed by atoms with E-state index >= 15 is 0 Å². The van der Waals surface area contributed by atoms with Gasteiger partial charge in [0.2, 0.25) is 5.91 Å². The molecule has 1 amide bonds. The van der Waals surface area contributed by atoms with Gasteiger partial charge < -0.3 is 15.2 Å². The number of ether oxygens (including phenoxy) is 1. The number of amides is 1. The van der Waals surface area contributed by atoms with Gasteiger partial charge in [-0.1, -0.05) is 30.3 Å². The number of carboxylic acid groups (broad SMARTS) is 1. The van der Waals surface area contributed by atoms with Gasteiger partial charge in [-0.25, -0.2) is 4.79 Å². The molecule has 1 heterocycles. The Labute approximate surface area is 150 Å². The van der Waals surface area contributed by atoms with Crippen molar-refractivity contribution in [3.05, 3.63) is 59.7 Å². The third-order valence-electron chi connectivity index (χ3n) is 4.12. The fourth-order valence-corrected chi connectivity index (χ4v) is 4.00. The van der Waals surface area contributed by atoms with Crippen molar-refractivity contribution in [1.82, 2.24) is 5.32 Å². The molecule has 0 aromatic heterocycles. The first-order valence-corrected chi connectivity index (χ1v) is 9.00. The van der Waals surface area contributed by atoms with Crippen LogP contribution in [0.15, 0.2) is 53.4 Å². The predicted molar refractivity (Wildman–Crippen MR) is 96.0 cm³/mol. The van der Waals surface area contributed by atoms with Crippen molar-refractivity contribution >= 4 is 23.6 Å². The van der Waals surface area contributed by atoms with E-state index in [0.717, 1.165) is 16.9 Å². The molecule has 2 unspecified atom stereocenters. The summed E-state index contributed by atoms with van der Waals surface area (Å²) in [4.78, 5) is 24.3. The van der Waals surface area contributed by atoms with Crippen LogP contribution in [0.2, 0.25) is 0 Å². The highest BCUT2D eigenvalue weighted by Crippen LogP contribution is 2.39. The van der Waals surface area contributed by atoms with E-state index in [-0.39, 0.29) is 24.5 Å². The molecule has 0 fully saturated rings. The van der Waals surface area contributed by atoms with Gasteiger partial charge in [0.1, 0.15) is 5.75 Å². The molecule has 25 heavy (non-hydrogen) atoms. The summed E-state index contributed by atoms with van der Waals surface area (Å²) in [6, 6.07) is 15.0. The van der Waals surface area contributed by atoms with Gasteiger partial charge in [-0.05, 0) is 36.2 Å². The second-order valence-electron chi connectivity index (χ2n) is 5.88. The van der Waals surface area contributed by atoms with E-state index in [2.05, 4.69) is 5.32 Å². The molecule has 2 atom stereocenters. The highest BCUT2D eigenvalue weighted by molar-refractivity contribution is 7.99. The molecule has 0 saturated heterocycles. The second-order valence-corrected chi connectivity index (χ2v) is 6.94. The van der Waals surface area contributed by atoms with Crippen molar-refractivity contribution in [3.8, 4) is 5.75 Å². The van der Waals surface area contributed by atoms with Gasteiger partial charge in [0.05, 0.1) is 12.0 Å². The topological polar surface area (TPSA) is 75.6 Å². The first-order valence-electron chi connectivity index (χ1n) is 8.01. The van der Waals surface area contributed by atoms with Crippen molar-refractivity contribution < 1.29 is 19.4 Å². The molecule has 6 heteroatoms. The average Bonchev–Trinajstić information content (AvgIpc) is 3.04. The molecule has 130 valence electrons. The van der Waals surface area contributed by atoms with Gasteiger partial charge in [0.15, 0.2) is 6.61 Å². The van der Waals surface area contributed by atoms with Gasteiger partial charge in [0, 0.05) is 10.6 Å². The zero-order chi connectivity index (χ0) is 17.8. The van der Waals surface area contributed by atoms with Crippen LogP contribution in [0.25, 0.3) is 0 Å². The molecule has 0 saturated carbocycles. The van der Waals surface area contributed by atoms with Crippen molar-refractivity contribution in [2.75, 3.05) is 12.4 Å². The van der Waals surface area contributed by atoms with Crippen LogP contribution in [0, 0.1) is 0 Å². The average molecular weight is 357 g/mol. The number of rotatable bonds is 6. The molecule has 0 spiro atoms. The summed E-state index contributed by atoms with van der Waals surface area (Å²) >= 11 is 1.71. The maximum absolute atomic E-state index is 12.6. The predicted octanol–water partition coefficient (Wildman–Crippen LogP) is 3.22. The van der Waals surface area contributed by atoms with E-state index < -0.39 is 5.97 Å². The smallest absolute Gasteiger partial charge is 0.341 e. The summed E-state index contributed by atoms with van der Waals surface area (Å²) in [5.74, 6) is 0.142. The molecule has 0 aliphatic carbocycles. The van der Waals surface area contributed by atoms with Crippen molar-refractivity contribution in [3.63, 3.8) is 0 Å². The quantitative estimate of drug-likeness (QED) is 0.830. The number of hydrogen-bond acceptors (Lipinski definition) is 4. The molecule has 2 aromatic carbocycles.